The van der Waals surface area contributed by atoms with Crippen LogP contribution in [0.3, 0.4) is 0 Å². The molecule has 1 atom stereocenters. The molecule has 146 valence electrons. The molecule has 1 unspecified atom stereocenters. The van der Waals surface area contributed by atoms with Crippen molar-refractivity contribution in [2.45, 2.75) is 45.7 Å². The molecule has 0 aliphatic carbocycles. The van der Waals surface area contributed by atoms with Crippen LogP contribution in [0.25, 0.3) is 0 Å². The molecule has 0 aromatic heterocycles. The molecule has 2 rings (SSSR count). The summed E-state index contributed by atoms with van der Waals surface area (Å²) in [5.74, 6) is 1.31. The molecule has 2 amide bonds. The first kappa shape index (κ1) is 20.6. The number of nitrogens with one attached hydrogen (secondary N) is 2. The first-order valence-corrected chi connectivity index (χ1v) is 9.10. The summed E-state index contributed by atoms with van der Waals surface area (Å²) in [6.07, 6.45) is 0. The third-order valence-corrected chi connectivity index (χ3v) is 4.53. The Morgan fingerprint density at radius 3 is 2.19 bits per heavy atom. The van der Waals surface area contributed by atoms with E-state index in [4.69, 9.17) is 9.47 Å². The number of amides is 2. The molecule has 0 radical (unpaired) electrons. The molecule has 0 bridgehead atoms. The number of benzene rings is 2. The van der Waals surface area contributed by atoms with E-state index in [1.807, 2.05) is 25.1 Å². The fraction of sp³-hybridized carbons (Fsp3) is 0.409. The van der Waals surface area contributed by atoms with E-state index in [0.717, 1.165) is 11.1 Å². The summed E-state index contributed by atoms with van der Waals surface area (Å²) >= 11 is 0. The van der Waals surface area contributed by atoms with E-state index in [1.54, 1.807) is 14.2 Å². The van der Waals surface area contributed by atoms with Crippen molar-refractivity contribution in [2.75, 3.05) is 14.2 Å². The Morgan fingerprint density at radius 2 is 1.63 bits per heavy atom. The number of rotatable bonds is 6. The van der Waals surface area contributed by atoms with Gasteiger partial charge in [0.2, 0.25) is 0 Å². The van der Waals surface area contributed by atoms with Crippen LogP contribution in [0.1, 0.15) is 50.4 Å². The first-order chi connectivity index (χ1) is 12.7. The fourth-order valence-corrected chi connectivity index (χ4v) is 2.78. The van der Waals surface area contributed by atoms with Crippen LogP contribution in [0.2, 0.25) is 0 Å². The number of urea groups is 1. The lowest BCUT2D eigenvalue weighted by Gasteiger charge is -2.21. The van der Waals surface area contributed by atoms with Gasteiger partial charge in [-0.1, -0.05) is 51.1 Å². The maximum Gasteiger partial charge on any atom is 0.315 e. The van der Waals surface area contributed by atoms with Gasteiger partial charge < -0.3 is 20.1 Å². The molecule has 0 saturated heterocycles. The van der Waals surface area contributed by atoms with Crippen LogP contribution < -0.4 is 20.1 Å². The molecule has 0 saturated carbocycles. The second kappa shape index (κ2) is 8.80. The van der Waals surface area contributed by atoms with Gasteiger partial charge in [0.15, 0.2) is 11.5 Å². The summed E-state index contributed by atoms with van der Waals surface area (Å²) in [6, 6.07) is 13.7. The second-order valence-electron chi connectivity index (χ2n) is 7.61. The summed E-state index contributed by atoms with van der Waals surface area (Å²) < 4.78 is 10.5. The van der Waals surface area contributed by atoms with Gasteiger partial charge in [-0.2, -0.15) is 0 Å². The molecule has 2 N–H and O–H groups in total. The molecule has 2 aromatic carbocycles. The number of carbonyl (C=O) groups excluding carboxylic acids is 1. The highest BCUT2D eigenvalue weighted by Gasteiger charge is 2.15. The molecular formula is C22H30N2O3. The van der Waals surface area contributed by atoms with E-state index in [2.05, 4.69) is 55.7 Å². The Balaban J connectivity index is 1.91. The lowest BCUT2D eigenvalue weighted by atomic mass is 9.86. The number of hydrogen-bond acceptors (Lipinski definition) is 3. The topological polar surface area (TPSA) is 59.6 Å². The van der Waals surface area contributed by atoms with Crippen LogP contribution in [0.4, 0.5) is 4.79 Å². The smallest absolute Gasteiger partial charge is 0.315 e. The van der Waals surface area contributed by atoms with E-state index >= 15 is 0 Å². The van der Waals surface area contributed by atoms with Crippen LogP contribution in [0.5, 0.6) is 11.5 Å². The molecule has 5 nitrogen and oxygen atoms in total. The van der Waals surface area contributed by atoms with Gasteiger partial charge in [0, 0.05) is 6.54 Å². The third-order valence-electron chi connectivity index (χ3n) is 4.53. The highest BCUT2D eigenvalue weighted by atomic mass is 16.5. The summed E-state index contributed by atoms with van der Waals surface area (Å²) in [6.45, 7) is 8.94. The molecule has 0 aliphatic rings. The maximum absolute atomic E-state index is 12.2. The molecule has 0 spiro atoms. The Hall–Kier alpha value is -2.69. The standard InChI is InChI=1S/C22H30N2O3/c1-15(17-8-10-18(11-9-17)22(2,3)4)24-21(25)23-14-16-7-12-19(26-5)20(13-16)27-6/h7-13,15H,14H2,1-6H3,(H2,23,24,25). The fourth-order valence-electron chi connectivity index (χ4n) is 2.78. The van der Waals surface area contributed by atoms with Crippen molar-refractivity contribution in [3.8, 4) is 11.5 Å². The largest absolute Gasteiger partial charge is 0.493 e. The van der Waals surface area contributed by atoms with Gasteiger partial charge in [0.25, 0.3) is 0 Å². The average molecular weight is 370 g/mol. The zero-order valence-corrected chi connectivity index (χ0v) is 17.1. The van der Waals surface area contributed by atoms with E-state index in [1.165, 1.54) is 5.56 Å². The highest BCUT2D eigenvalue weighted by molar-refractivity contribution is 5.74. The van der Waals surface area contributed by atoms with Crippen molar-refractivity contribution in [1.29, 1.82) is 0 Å². The molecule has 27 heavy (non-hydrogen) atoms. The van der Waals surface area contributed by atoms with Crippen molar-refractivity contribution >= 4 is 6.03 Å². The maximum atomic E-state index is 12.2. The summed E-state index contributed by atoms with van der Waals surface area (Å²) in [5, 5.41) is 5.85. The lowest BCUT2D eigenvalue weighted by molar-refractivity contribution is 0.237. The molecule has 0 heterocycles. The van der Waals surface area contributed by atoms with E-state index in [-0.39, 0.29) is 17.5 Å². The number of ether oxygens (including phenoxy) is 2. The molecule has 0 aliphatic heterocycles. The Kier molecular flexibility index (Phi) is 6.72. The Morgan fingerprint density at radius 1 is 1.00 bits per heavy atom. The van der Waals surface area contributed by atoms with Crippen molar-refractivity contribution in [1.82, 2.24) is 10.6 Å². The first-order valence-electron chi connectivity index (χ1n) is 9.10. The van der Waals surface area contributed by atoms with Gasteiger partial charge in [0.1, 0.15) is 0 Å². The van der Waals surface area contributed by atoms with Gasteiger partial charge >= 0.3 is 6.03 Å². The summed E-state index contributed by atoms with van der Waals surface area (Å²) in [5.41, 5.74) is 3.40. The van der Waals surface area contributed by atoms with Crippen LogP contribution in [-0.4, -0.2) is 20.3 Å². The van der Waals surface area contributed by atoms with Gasteiger partial charge in [-0.15, -0.1) is 0 Å². The SMILES string of the molecule is COc1ccc(CNC(=O)NC(C)c2ccc(C(C)(C)C)cc2)cc1OC. The molecule has 5 heteroatoms. The Labute approximate surface area is 162 Å². The van der Waals surface area contributed by atoms with Crippen molar-refractivity contribution in [2.24, 2.45) is 0 Å². The normalized spacial score (nSPS) is 12.2. The minimum absolute atomic E-state index is 0.0792. The van der Waals surface area contributed by atoms with Gasteiger partial charge in [-0.05, 0) is 41.2 Å². The second-order valence-corrected chi connectivity index (χ2v) is 7.61. The number of methoxy groups -OCH3 is 2. The van der Waals surface area contributed by atoms with Gasteiger partial charge in [-0.3, -0.25) is 0 Å². The van der Waals surface area contributed by atoms with Crippen molar-refractivity contribution < 1.29 is 14.3 Å². The summed E-state index contributed by atoms with van der Waals surface area (Å²) in [4.78, 5) is 12.2. The van der Waals surface area contributed by atoms with Gasteiger partial charge in [-0.25, -0.2) is 4.79 Å². The predicted octanol–water partition coefficient (Wildman–Crippen LogP) is 4.56. The minimum Gasteiger partial charge on any atom is -0.493 e. The van der Waals surface area contributed by atoms with Crippen LogP contribution in [-0.2, 0) is 12.0 Å². The molecule has 0 fully saturated rings. The van der Waals surface area contributed by atoms with Crippen LogP contribution >= 0.6 is 0 Å². The lowest BCUT2D eigenvalue weighted by Crippen LogP contribution is -2.36. The molecular weight excluding hydrogens is 340 g/mol. The minimum atomic E-state index is -0.211. The quantitative estimate of drug-likeness (QED) is 0.783. The van der Waals surface area contributed by atoms with Crippen molar-refractivity contribution in [3.05, 3.63) is 59.2 Å². The summed E-state index contributed by atoms with van der Waals surface area (Å²) in [7, 11) is 3.19. The van der Waals surface area contributed by atoms with E-state index in [0.29, 0.717) is 18.0 Å². The van der Waals surface area contributed by atoms with E-state index in [9.17, 15) is 4.79 Å². The van der Waals surface area contributed by atoms with Crippen LogP contribution in [0.15, 0.2) is 42.5 Å². The van der Waals surface area contributed by atoms with E-state index < -0.39 is 0 Å². The molecule has 2 aromatic rings. The van der Waals surface area contributed by atoms with Crippen molar-refractivity contribution in [3.63, 3.8) is 0 Å². The zero-order chi connectivity index (χ0) is 20.0. The highest BCUT2D eigenvalue weighted by Crippen LogP contribution is 2.27. The zero-order valence-electron chi connectivity index (χ0n) is 17.1. The van der Waals surface area contributed by atoms with Gasteiger partial charge in [0.05, 0.1) is 20.3 Å². The number of carbonyl (C=O) groups is 1. The third kappa shape index (κ3) is 5.64. The monoisotopic (exact) mass is 370 g/mol. The van der Waals surface area contributed by atoms with Crippen LogP contribution in [0, 0.1) is 0 Å². The Bertz CT molecular complexity index is 764. The average Bonchev–Trinajstić information content (AvgIpc) is 2.65. The predicted molar refractivity (Wildman–Crippen MR) is 108 cm³/mol. The number of hydrogen-bond donors (Lipinski definition) is 2.